The summed E-state index contributed by atoms with van der Waals surface area (Å²) in [5, 5.41) is 33.9. The van der Waals surface area contributed by atoms with Crippen LogP contribution in [0, 0.1) is 10.8 Å². The molecule has 0 aliphatic heterocycles. The van der Waals surface area contributed by atoms with Crippen molar-refractivity contribution in [2.24, 2.45) is 10.8 Å². The third kappa shape index (κ3) is 5.84. The average molecular weight is 397 g/mol. The second kappa shape index (κ2) is 8.79. The Morgan fingerprint density at radius 1 is 1.04 bits per heavy atom. The zero-order valence-electron chi connectivity index (χ0n) is 17.5. The number of carbonyl (C=O) groups excluding carboxylic acids is 2. The second-order valence-electron chi connectivity index (χ2n) is 8.59. The van der Waals surface area contributed by atoms with Crippen molar-refractivity contribution in [2.45, 2.75) is 54.6 Å². The van der Waals surface area contributed by atoms with Crippen molar-refractivity contribution in [1.29, 1.82) is 0 Å². The van der Waals surface area contributed by atoms with Crippen LogP contribution in [-0.4, -0.2) is 40.3 Å². The minimum Gasteiger partial charge on any atom is -0.504 e. The highest BCUT2D eigenvalue weighted by molar-refractivity contribution is 5.82. The molecule has 4 N–H and O–H groups in total. The van der Waals surface area contributed by atoms with Gasteiger partial charge in [-0.1, -0.05) is 6.92 Å². The number of nitrogens with one attached hydrogen (secondary N) is 1. The van der Waals surface area contributed by atoms with Gasteiger partial charge in [0.15, 0.2) is 11.5 Å². The van der Waals surface area contributed by atoms with Gasteiger partial charge in [0.1, 0.15) is 5.75 Å². The molecule has 0 fully saturated rings. The van der Waals surface area contributed by atoms with Crippen LogP contribution < -0.4 is 14.8 Å². The minimum atomic E-state index is -1.28. The number of carbonyl (C=O) groups is 2. The predicted molar refractivity (Wildman–Crippen MR) is 103 cm³/mol. The zero-order chi connectivity index (χ0) is 21.9. The molecule has 0 bridgehead atoms. The number of esters is 2. The first-order valence-electron chi connectivity index (χ1n) is 9.12. The standard InChI is InChI=1S/C20H31NO7/c1-8-21-10-12(23)14-13(27-17(25)19(2,3)4)9-11(22)15(24)16(14)28-18(26)20(5,6)7/h9,12,21-24H,8,10H2,1-7H3/t12-/m1/s1. The first-order valence-corrected chi connectivity index (χ1v) is 9.12. The van der Waals surface area contributed by atoms with E-state index in [1.807, 2.05) is 6.92 Å². The summed E-state index contributed by atoms with van der Waals surface area (Å²) in [5.74, 6) is -3.33. The molecule has 1 aromatic carbocycles. The largest absolute Gasteiger partial charge is 0.504 e. The molecule has 0 saturated heterocycles. The molecule has 0 spiro atoms. The van der Waals surface area contributed by atoms with Gasteiger partial charge >= 0.3 is 11.9 Å². The molecule has 28 heavy (non-hydrogen) atoms. The van der Waals surface area contributed by atoms with Crippen molar-refractivity contribution in [3.63, 3.8) is 0 Å². The van der Waals surface area contributed by atoms with Crippen molar-refractivity contribution < 1.29 is 34.4 Å². The summed E-state index contributed by atoms with van der Waals surface area (Å²) < 4.78 is 10.7. The molecular weight excluding hydrogens is 366 g/mol. The number of aliphatic hydroxyl groups is 1. The van der Waals surface area contributed by atoms with Crippen LogP contribution in [0.2, 0.25) is 0 Å². The van der Waals surface area contributed by atoms with Crippen LogP contribution in [-0.2, 0) is 9.59 Å². The lowest BCUT2D eigenvalue weighted by molar-refractivity contribution is -0.143. The number of aromatic hydroxyl groups is 2. The maximum atomic E-state index is 12.4. The molecule has 0 unspecified atom stereocenters. The topological polar surface area (TPSA) is 125 Å². The summed E-state index contributed by atoms with van der Waals surface area (Å²) in [7, 11) is 0. The van der Waals surface area contributed by atoms with Crippen LogP contribution in [0.3, 0.4) is 0 Å². The molecule has 8 heteroatoms. The Morgan fingerprint density at radius 2 is 1.54 bits per heavy atom. The van der Waals surface area contributed by atoms with Gasteiger partial charge in [0.25, 0.3) is 0 Å². The third-order valence-corrected chi connectivity index (χ3v) is 3.78. The number of ether oxygens (including phenoxy) is 2. The first-order chi connectivity index (χ1) is 12.7. The van der Waals surface area contributed by atoms with Gasteiger partial charge in [0.2, 0.25) is 5.75 Å². The number of hydrogen-bond acceptors (Lipinski definition) is 8. The maximum absolute atomic E-state index is 12.4. The number of rotatable bonds is 6. The quantitative estimate of drug-likeness (QED) is 0.328. The van der Waals surface area contributed by atoms with Crippen molar-refractivity contribution in [1.82, 2.24) is 5.32 Å². The summed E-state index contributed by atoms with van der Waals surface area (Å²) >= 11 is 0. The van der Waals surface area contributed by atoms with Gasteiger partial charge in [-0.2, -0.15) is 0 Å². The van der Waals surface area contributed by atoms with Crippen molar-refractivity contribution in [3.05, 3.63) is 11.6 Å². The van der Waals surface area contributed by atoms with Crippen LogP contribution >= 0.6 is 0 Å². The Morgan fingerprint density at radius 3 is 2.00 bits per heavy atom. The molecular formula is C20H31NO7. The van der Waals surface area contributed by atoms with Crippen LogP contribution in [0.25, 0.3) is 0 Å². The molecule has 0 aromatic heterocycles. The van der Waals surface area contributed by atoms with E-state index < -0.39 is 46.1 Å². The van der Waals surface area contributed by atoms with E-state index in [1.165, 1.54) is 0 Å². The molecule has 0 radical (unpaired) electrons. The van der Waals surface area contributed by atoms with E-state index in [0.29, 0.717) is 6.54 Å². The van der Waals surface area contributed by atoms with Gasteiger partial charge in [-0.25, -0.2) is 0 Å². The van der Waals surface area contributed by atoms with E-state index in [-0.39, 0.29) is 17.9 Å². The van der Waals surface area contributed by atoms with Gasteiger partial charge in [-0.15, -0.1) is 0 Å². The number of benzene rings is 1. The normalized spacial score (nSPS) is 13.1. The van der Waals surface area contributed by atoms with Crippen LogP contribution in [0.15, 0.2) is 6.07 Å². The Balaban J connectivity index is 3.57. The lowest BCUT2D eigenvalue weighted by Crippen LogP contribution is -2.29. The number of likely N-dealkylation sites (N-methyl/N-ethyl adjacent to an activating group) is 1. The van der Waals surface area contributed by atoms with Crippen LogP contribution in [0.1, 0.15) is 60.1 Å². The summed E-state index contributed by atoms with van der Waals surface area (Å²) in [5.41, 5.74) is -1.88. The maximum Gasteiger partial charge on any atom is 0.316 e. The lowest BCUT2D eigenvalue weighted by atomic mass is 9.96. The molecule has 0 saturated carbocycles. The van der Waals surface area contributed by atoms with E-state index in [4.69, 9.17) is 9.47 Å². The minimum absolute atomic E-state index is 0.0425. The number of aliphatic hydroxyl groups excluding tert-OH is 1. The van der Waals surface area contributed by atoms with Crippen LogP contribution in [0.4, 0.5) is 0 Å². The number of phenolic OH excluding ortho intramolecular Hbond substituents is 2. The molecule has 0 aliphatic rings. The van der Waals surface area contributed by atoms with E-state index in [9.17, 15) is 24.9 Å². The van der Waals surface area contributed by atoms with E-state index in [1.54, 1.807) is 41.5 Å². The molecule has 1 aromatic rings. The Kier molecular flexibility index (Phi) is 7.45. The average Bonchev–Trinajstić information content (AvgIpc) is 2.55. The smallest absolute Gasteiger partial charge is 0.316 e. The van der Waals surface area contributed by atoms with Gasteiger partial charge < -0.3 is 30.1 Å². The molecule has 8 nitrogen and oxygen atoms in total. The second-order valence-corrected chi connectivity index (χ2v) is 8.59. The SMILES string of the molecule is CCNC[C@@H](O)c1c(OC(=O)C(C)(C)C)cc(O)c(O)c1OC(=O)C(C)(C)C. The fourth-order valence-electron chi connectivity index (χ4n) is 2.01. The molecule has 158 valence electrons. The number of phenols is 2. The van der Waals surface area contributed by atoms with Gasteiger partial charge in [0.05, 0.1) is 22.5 Å². The van der Waals surface area contributed by atoms with E-state index in [0.717, 1.165) is 6.07 Å². The summed E-state index contributed by atoms with van der Waals surface area (Å²) in [6, 6.07) is 1.01. The molecule has 0 aliphatic carbocycles. The van der Waals surface area contributed by atoms with Crippen molar-refractivity contribution in [3.8, 4) is 23.0 Å². The summed E-state index contributed by atoms with van der Waals surface area (Å²) in [4.78, 5) is 24.7. The molecule has 0 heterocycles. The molecule has 0 amide bonds. The fourth-order valence-corrected chi connectivity index (χ4v) is 2.01. The molecule has 1 atom stereocenters. The van der Waals surface area contributed by atoms with E-state index >= 15 is 0 Å². The Bertz CT molecular complexity index is 730. The van der Waals surface area contributed by atoms with Gasteiger partial charge in [0, 0.05) is 12.6 Å². The lowest BCUT2D eigenvalue weighted by Gasteiger charge is -2.24. The van der Waals surface area contributed by atoms with E-state index in [2.05, 4.69) is 5.32 Å². The highest BCUT2D eigenvalue weighted by atomic mass is 16.6. The highest BCUT2D eigenvalue weighted by Gasteiger charge is 2.33. The predicted octanol–water partition coefficient (Wildman–Crippen LogP) is 2.64. The fraction of sp³-hybridized carbons (Fsp3) is 0.600. The van der Waals surface area contributed by atoms with Gasteiger partial charge in [-0.3, -0.25) is 9.59 Å². The highest BCUT2D eigenvalue weighted by Crippen LogP contribution is 2.47. The Labute approximate surface area is 165 Å². The monoisotopic (exact) mass is 397 g/mol. The summed E-state index contributed by atoms with van der Waals surface area (Å²) in [6.07, 6.45) is -1.28. The third-order valence-electron chi connectivity index (χ3n) is 3.78. The van der Waals surface area contributed by atoms with Crippen LogP contribution in [0.5, 0.6) is 23.0 Å². The zero-order valence-corrected chi connectivity index (χ0v) is 17.5. The molecule has 1 rings (SSSR count). The van der Waals surface area contributed by atoms with Crippen molar-refractivity contribution in [2.75, 3.05) is 13.1 Å². The first kappa shape index (κ1) is 23.7. The van der Waals surface area contributed by atoms with Crippen molar-refractivity contribution >= 4 is 11.9 Å². The van der Waals surface area contributed by atoms with Gasteiger partial charge in [-0.05, 0) is 48.1 Å². The Hall–Kier alpha value is -2.32. The number of hydrogen-bond donors (Lipinski definition) is 4. The summed E-state index contributed by atoms with van der Waals surface area (Å²) in [6.45, 7) is 12.2.